The number of nitrogens with two attached hydrogens (primary N) is 1. The monoisotopic (exact) mass is 1000 g/mol. The van der Waals surface area contributed by atoms with Gasteiger partial charge in [0.05, 0.1) is 27.4 Å². The van der Waals surface area contributed by atoms with Gasteiger partial charge in [0, 0.05) is 37.1 Å². The smallest absolute Gasteiger partial charge is 0.790 e. The molecule has 7 unspecified atom stereocenters. The molecule has 67 heavy (non-hydrogen) atoms. The molecule has 3 heterocycles. The number of aliphatic hydroxyl groups is 2. The molecule has 360 valence electrons. The third-order valence-electron chi connectivity index (χ3n) is 9.72. The van der Waals surface area contributed by atoms with Gasteiger partial charge in [0.2, 0.25) is 11.8 Å². The molecule has 0 saturated carbocycles. The van der Waals surface area contributed by atoms with Crippen LogP contribution in [0.15, 0.2) is 12.7 Å². The zero-order valence-corrected chi connectivity index (χ0v) is 42.9. The molecule has 0 aliphatic carbocycles. The minimum atomic E-state index is -5.91. The molecule has 1 aliphatic heterocycles. The Bertz CT molecular complexity index is 1950. The van der Waals surface area contributed by atoms with E-state index in [2.05, 4.69) is 50.4 Å². The number of phosphoric ester groups is 3. The van der Waals surface area contributed by atoms with E-state index in [-0.39, 0.29) is 117 Å². The Morgan fingerprint density at radius 2 is 1.46 bits per heavy atom. The molecule has 1 aliphatic rings. The first-order valence-corrected chi connectivity index (χ1v) is 25.9. The fourth-order valence-electron chi connectivity index (χ4n) is 6.28. The second-order valence-electron chi connectivity index (χ2n) is 15.5. The number of hydrogen-bond donors (Lipinski definition) is 5. The number of amides is 2. The Labute approximate surface area is 442 Å². The van der Waals surface area contributed by atoms with Crippen LogP contribution in [0, 0.1) is 5.41 Å². The molecule has 0 spiro atoms. The molecule has 2 aromatic rings. The van der Waals surface area contributed by atoms with Crippen LogP contribution in [-0.2, 0) is 50.7 Å². The summed E-state index contributed by atoms with van der Waals surface area (Å²) < 4.78 is 60.7. The number of nitrogens with one attached hydrogen (secondary N) is 2. The quantitative estimate of drug-likeness (QED) is 0.0266. The van der Waals surface area contributed by atoms with Crippen molar-refractivity contribution in [1.82, 2.24) is 30.2 Å². The summed E-state index contributed by atoms with van der Waals surface area (Å²) in [7, 11) is -17.6. The molecule has 2 amide bonds. The van der Waals surface area contributed by atoms with Gasteiger partial charge in [-0.05, 0) is 6.42 Å². The summed E-state index contributed by atoms with van der Waals surface area (Å²) in [5, 5.41) is 26.4. The summed E-state index contributed by atoms with van der Waals surface area (Å²) in [6.45, 7) is 2.39. The first-order chi connectivity index (χ1) is 29.6. The first-order valence-electron chi connectivity index (χ1n) is 20.5. The number of fused-ring (bicyclic) bond motifs is 1. The van der Waals surface area contributed by atoms with Crippen LogP contribution >= 0.6 is 35.2 Å². The number of ether oxygens (including phenoxy) is 1. The van der Waals surface area contributed by atoms with Crippen molar-refractivity contribution >= 4 is 69.1 Å². The largest absolute Gasteiger partial charge is 1.00 e. The third-order valence-corrected chi connectivity index (χ3v) is 13.7. The van der Waals surface area contributed by atoms with Gasteiger partial charge in [-0.2, -0.15) is 0 Å². The van der Waals surface area contributed by atoms with Crippen LogP contribution in [0.25, 0.3) is 11.2 Å². The summed E-state index contributed by atoms with van der Waals surface area (Å²) >= 11 is 1.14. The number of phosphoric acid groups is 3. The Morgan fingerprint density at radius 3 is 2.06 bits per heavy atom. The van der Waals surface area contributed by atoms with Crippen molar-refractivity contribution in [2.45, 2.75) is 135 Å². The van der Waals surface area contributed by atoms with Gasteiger partial charge in [0.15, 0.2) is 22.8 Å². The molecule has 0 bridgehead atoms. The molecular weight excluding hydrogens is 943 g/mol. The predicted octanol–water partition coefficient (Wildman–Crippen LogP) is -11.1. The molecule has 24 nitrogen and oxygen atoms in total. The standard InChI is InChI=1S/C35H62N7O17P3S.4Li/c1-4-5-6-7-8-9-10-11-12-13-14-15-26(44)63-19-18-37-25(43)16-17-38-33(47)30(46)35(2,3)21-56-62(53,54)59-61(51,52)55-20-24-29(58-60(48,49)50)28(45)34(57-24)42-23-41-27-31(36)39-22-40-32(27)42;;;;/h22-24,28-30,34,45-46H,4-21H2,1-3H3,(H,37,43)(H,38,47)(H,51,52)(H,53,54)(H2,36,39,40)(H2,48,49,50);;;;/q;4*+1/p-4. The molecule has 2 aromatic heterocycles. The van der Waals surface area contributed by atoms with Crippen molar-refractivity contribution in [3.05, 3.63) is 12.7 Å². The Morgan fingerprint density at radius 1 is 0.881 bits per heavy atom. The molecule has 1 saturated heterocycles. The molecule has 0 aromatic carbocycles. The van der Waals surface area contributed by atoms with E-state index in [1.54, 1.807) is 0 Å². The molecule has 0 radical (unpaired) electrons. The molecule has 6 N–H and O–H groups in total. The van der Waals surface area contributed by atoms with E-state index in [0.717, 1.165) is 48.2 Å². The Balaban J connectivity index is 0. The normalized spacial score (nSPS) is 19.4. The van der Waals surface area contributed by atoms with E-state index in [4.69, 9.17) is 10.5 Å². The molecule has 3 rings (SSSR count). The number of anilines is 1. The molecule has 1 fully saturated rings. The van der Waals surface area contributed by atoms with E-state index in [0.29, 0.717) is 12.2 Å². The van der Waals surface area contributed by atoms with E-state index in [9.17, 15) is 57.9 Å². The number of aliphatic hydroxyl groups excluding tert-OH is 2. The van der Waals surface area contributed by atoms with Gasteiger partial charge in [-0.1, -0.05) is 96.7 Å². The van der Waals surface area contributed by atoms with Gasteiger partial charge < -0.3 is 69.0 Å². The molecule has 32 heteroatoms. The van der Waals surface area contributed by atoms with Crippen LogP contribution in [-0.4, -0.2) is 103 Å². The average Bonchev–Trinajstić information content (AvgIpc) is 3.76. The first kappa shape index (κ1) is 69.0. The summed E-state index contributed by atoms with van der Waals surface area (Å²) in [6, 6.07) is 0. The number of carbonyl (C=O) groups excluding carboxylic acids is 3. The van der Waals surface area contributed by atoms with Gasteiger partial charge in [-0.15, -0.1) is 0 Å². The fourth-order valence-corrected chi connectivity index (χ4v) is 9.73. The van der Waals surface area contributed by atoms with Gasteiger partial charge in [0.25, 0.3) is 15.6 Å². The number of carbonyl (C=O) groups is 3. The van der Waals surface area contributed by atoms with Gasteiger partial charge >= 0.3 is 75.4 Å². The molecular formula is C35H58Li4N7O17P3S. The van der Waals surface area contributed by atoms with Crippen LogP contribution in [0.5, 0.6) is 0 Å². The number of imidazole rings is 1. The number of nitrogen functional groups attached to an aromatic ring is 1. The summed E-state index contributed by atoms with van der Waals surface area (Å²) in [5.74, 6) is -1.13. The van der Waals surface area contributed by atoms with Crippen LogP contribution in [0.2, 0.25) is 0 Å². The number of rotatable bonds is 31. The van der Waals surface area contributed by atoms with Crippen LogP contribution in [0.4, 0.5) is 5.82 Å². The predicted molar refractivity (Wildman–Crippen MR) is 219 cm³/mol. The van der Waals surface area contributed by atoms with Gasteiger partial charge in [0.1, 0.15) is 36.3 Å². The Kier molecular flexibility index (Phi) is 34.7. The SMILES string of the molecule is CCCCCCCCCCCCCC(=O)SCCNC(=O)CCNC(=O)C(O)C(C)(C)COP(=O)([O-])OP(=O)([O-])OCC1OC(n2cnc3c(N)ncnc32)C(O)C1OP(=O)([O-])[O-].[Li+].[Li+].[Li+].[Li+]. The maximum absolute atomic E-state index is 12.6. The third kappa shape index (κ3) is 25.4. The molecule has 7 atom stereocenters. The van der Waals surface area contributed by atoms with Gasteiger partial charge in [-0.3, -0.25) is 28.1 Å². The number of nitrogens with zero attached hydrogens (tertiary/aromatic N) is 4. The topological polar surface area (TPSA) is 375 Å². The van der Waals surface area contributed by atoms with Crippen LogP contribution in [0.1, 0.15) is 110 Å². The average molecular weight is 1000 g/mol. The summed E-state index contributed by atoms with van der Waals surface area (Å²) in [4.78, 5) is 96.6. The van der Waals surface area contributed by atoms with Crippen molar-refractivity contribution in [3.8, 4) is 0 Å². The Hall–Kier alpha value is -0.0504. The zero-order chi connectivity index (χ0) is 46.8. The van der Waals surface area contributed by atoms with E-state index in [1.807, 2.05) is 0 Å². The van der Waals surface area contributed by atoms with Crippen molar-refractivity contribution in [3.63, 3.8) is 0 Å². The van der Waals surface area contributed by atoms with Crippen LogP contribution < -0.4 is 111 Å². The maximum atomic E-state index is 12.6. The number of thioether (sulfide) groups is 1. The second-order valence-corrected chi connectivity index (χ2v) is 20.7. The summed E-state index contributed by atoms with van der Waals surface area (Å²) in [6.07, 6.45) is 6.00. The van der Waals surface area contributed by atoms with Crippen LogP contribution in [0.3, 0.4) is 0 Å². The minimum absolute atomic E-state index is 0. The van der Waals surface area contributed by atoms with Gasteiger partial charge in [-0.25, -0.2) is 19.3 Å². The van der Waals surface area contributed by atoms with Crippen molar-refractivity contribution < 1.29 is 156 Å². The summed E-state index contributed by atoms with van der Waals surface area (Å²) in [5.41, 5.74) is 4.09. The second kappa shape index (κ2) is 33.6. The van der Waals surface area contributed by atoms with E-state index in [1.165, 1.54) is 65.2 Å². The minimum Gasteiger partial charge on any atom is -0.790 e. The van der Waals surface area contributed by atoms with Crippen molar-refractivity contribution in [2.75, 3.05) is 37.8 Å². The zero-order valence-electron chi connectivity index (χ0n) is 39.4. The van der Waals surface area contributed by atoms with E-state index < -0.39 is 84.6 Å². The van der Waals surface area contributed by atoms with Crippen molar-refractivity contribution in [1.29, 1.82) is 0 Å². The van der Waals surface area contributed by atoms with Crippen molar-refractivity contribution in [2.24, 2.45) is 5.41 Å². The maximum Gasteiger partial charge on any atom is 1.00 e. The van der Waals surface area contributed by atoms with E-state index >= 15 is 0 Å². The number of unbranched alkanes of at least 4 members (excludes halogenated alkanes) is 10. The number of hydrogen-bond acceptors (Lipinski definition) is 22. The number of aromatic nitrogens is 4. The fraction of sp³-hybridized carbons (Fsp3) is 0.771.